The third kappa shape index (κ3) is 5.72. The topological polar surface area (TPSA) is 170 Å². The normalized spacial score (nSPS) is 32.5. The van der Waals surface area contributed by atoms with Crippen LogP contribution < -0.4 is 26.0 Å². The van der Waals surface area contributed by atoms with Crippen LogP contribution in [-0.2, 0) is 24.0 Å². The summed E-state index contributed by atoms with van der Waals surface area (Å²) in [7, 11) is 0. The Bertz CT molecular complexity index is 1410. The van der Waals surface area contributed by atoms with E-state index in [2.05, 4.69) is 41.2 Å². The Labute approximate surface area is 257 Å². The molecule has 12 nitrogen and oxygen atoms in total. The number of benzene rings is 1. The highest BCUT2D eigenvalue weighted by Gasteiger charge is 2.70. The maximum absolute atomic E-state index is 14.4. The number of carbonyl (C=O) groups is 5. The number of piperidine rings is 1. The molecule has 5 amide bonds. The zero-order valence-electron chi connectivity index (χ0n) is 26.2. The second kappa shape index (κ2) is 11.4. The molecule has 1 aromatic carbocycles. The van der Waals surface area contributed by atoms with Gasteiger partial charge in [0.15, 0.2) is 6.61 Å². The zero-order valence-corrected chi connectivity index (χ0v) is 26.2. The molecular formula is C32H42N6O6. The molecule has 4 aliphatic rings. The molecule has 3 aliphatic heterocycles. The highest BCUT2D eigenvalue weighted by Crippen LogP contribution is 2.65. The summed E-state index contributed by atoms with van der Waals surface area (Å²) in [5.41, 5.74) is 0.567. The summed E-state index contributed by atoms with van der Waals surface area (Å²) in [6, 6.07) is 3.99. The van der Waals surface area contributed by atoms with Crippen LogP contribution in [0.25, 0.3) is 0 Å². The van der Waals surface area contributed by atoms with Crippen LogP contribution in [0.3, 0.4) is 0 Å². The molecule has 0 radical (unpaired) electrons. The van der Waals surface area contributed by atoms with Crippen LogP contribution in [0, 0.1) is 53.8 Å². The van der Waals surface area contributed by atoms with E-state index in [1.54, 1.807) is 13.8 Å². The third-order valence-corrected chi connectivity index (χ3v) is 10.1. The molecule has 4 N–H and O–H groups in total. The predicted molar refractivity (Wildman–Crippen MR) is 159 cm³/mol. The van der Waals surface area contributed by atoms with Gasteiger partial charge in [-0.1, -0.05) is 45.9 Å². The lowest BCUT2D eigenvalue weighted by molar-refractivity contribution is -0.146. The van der Waals surface area contributed by atoms with Crippen molar-refractivity contribution >= 4 is 29.5 Å². The average molecular weight is 607 g/mol. The molecule has 2 bridgehead atoms. The van der Waals surface area contributed by atoms with Crippen LogP contribution in [0.5, 0.6) is 5.75 Å². The van der Waals surface area contributed by atoms with Crippen LogP contribution in [0.15, 0.2) is 18.2 Å². The van der Waals surface area contributed by atoms with Gasteiger partial charge >= 0.3 is 0 Å². The first kappa shape index (κ1) is 31.3. The van der Waals surface area contributed by atoms with Crippen molar-refractivity contribution in [2.24, 2.45) is 28.6 Å². The van der Waals surface area contributed by atoms with E-state index in [1.165, 1.54) is 4.90 Å². The van der Waals surface area contributed by atoms with E-state index in [-0.39, 0.29) is 49.2 Å². The smallest absolute Gasteiger partial charge is 0.258 e. The van der Waals surface area contributed by atoms with Crippen LogP contribution in [0.2, 0.25) is 0 Å². The van der Waals surface area contributed by atoms with Crippen molar-refractivity contribution < 1.29 is 28.7 Å². The number of nitrogens with one attached hydrogen (secondary N) is 4. The van der Waals surface area contributed by atoms with E-state index in [4.69, 9.17) is 4.74 Å². The molecule has 12 heteroatoms. The minimum Gasteiger partial charge on any atom is -0.483 e. The van der Waals surface area contributed by atoms with Gasteiger partial charge in [0, 0.05) is 24.4 Å². The molecule has 3 heterocycles. The molecule has 1 aliphatic carbocycles. The summed E-state index contributed by atoms with van der Waals surface area (Å²) in [5.74, 6) is -2.25. The fourth-order valence-corrected chi connectivity index (χ4v) is 7.28. The maximum Gasteiger partial charge on any atom is 0.258 e. The summed E-state index contributed by atoms with van der Waals surface area (Å²) in [6.07, 6.45) is 0.238. The molecule has 44 heavy (non-hydrogen) atoms. The number of nitriles is 1. The van der Waals surface area contributed by atoms with Gasteiger partial charge in [0.05, 0.1) is 6.07 Å². The monoisotopic (exact) mass is 606 g/mol. The van der Waals surface area contributed by atoms with Crippen LogP contribution in [0.1, 0.15) is 51.7 Å². The molecule has 236 valence electrons. The minimum atomic E-state index is -1.12. The van der Waals surface area contributed by atoms with Gasteiger partial charge in [-0.15, -0.1) is 0 Å². The van der Waals surface area contributed by atoms with Gasteiger partial charge in [0.25, 0.3) is 5.91 Å². The van der Waals surface area contributed by atoms with Crippen molar-refractivity contribution in [3.63, 3.8) is 0 Å². The van der Waals surface area contributed by atoms with Crippen LogP contribution in [0.4, 0.5) is 0 Å². The van der Waals surface area contributed by atoms with Crippen molar-refractivity contribution in [1.82, 2.24) is 26.2 Å². The Balaban J connectivity index is 1.45. The number of nitrogens with zero attached hydrogens (tertiary/aromatic N) is 2. The lowest BCUT2D eigenvalue weighted by Crippen LogP contribution is -2.62. The summed E-state index contributed by atoms with van der Waals surface area (Å²) < 4.78 is 5.85. The van der Waals surface area contributed by atoms with E-state index in [0.29, 0.717) is 12.3 Å². The zero-order chi connectivity index (χ0) is 32.1. The Kier molecular flexibility index (Phi) is 8.12. The van der Waals surface area contributed by atoms with Crippen molar-refractivity contribution in [2.45, 2.75) is 78.6 Å². The van der Waals surface area contributed by atoms with E-state index in [0.717, 1.165) is 11.1 Å². The van der Waals surface area contributed by atoms with Crippen molar-refractivity contribution in [3.8, 4) is 11.8 Å². The first-order chi connectivity index (χ1) is 20.6. The number of ether oxygens (including phenoxy) is 1. The average Bonchev–Trinajstić information content (AvgIpc) is 3.28. The number of hydrogen-bond donors (Lipinski definition) is 4. The number of aryl methyl sites for hydroxylation is 2. The third-order valence-electron chi connectivity index (χ3n) is 10.1. The summed E-state index contributed by atoms with van der Waals surface area (Å²) in [5, 5.41) is 21.0. The fourth-order valence-electron chi connectivity index (χ4n) is 7.28. The molecular weight excluding hydrogens is 564 g/mol. The van der Waals surface area contributed by atoms with Gasteiger partial charge in [-0.05, 0) is 55.1 Å². The molecule has 0 unspecified atom stereocenters. The molecule has 3 saturated heterocycles. The van der Waals surface area contributed by atoms with Gasteiger partial charge in [-0.25, -0.2) is 0 Å². The van der Waals surface area contributed by atoms with E-state index >= 15 is 0 Å². The lowest BCUT2D eigenvalue weighted by Gasteiger charge is -2.39. The van der Waals surface area contributed by atoms with E-state index in [1.807, 2.05) is 32.0 Å². The Morgan fingerprint density at radius 3 is 2.39 bits per heavy atom. The second-order valence-electron chi connectivity index (χ2n) is 14.0. The first-order valence-electron chi connectivity index (χ1n) is 15.2. The van der Waals surface area contributed by atoms with Crippen LogP contribution >= 0.6 is 0 Å². The van der Waals surface area contributed by atoms with E-state index < -0.39 is 59.1 Å². The lowest BCUT2D eigenvalue weighted by atomic mass is 9.82. The highest BCUT2D eigenvalue weighted by molar-refractivity contribution is 5.95. The second-order valence-corrected chi connectivity index (χ2v) is 14.0. The number of rotatable bonds is 4. The van der Waals surface area contributed by atoms with Gasteiger partial charge in [0.2, 0.25) is 23.6 Å². The van der Waals surface area contributed by atoms with Crippen molar-refractivity contribution in [3.05, 3.63) is 29.3 Å². The van der Waals surface area contributed by atoms with Gasteiger partial charge in [-0.2, -0.15) is 5.26 Å². The van der Waals surface area contributed by atoms with Gasteiger partial charge < -0.3 is 30.9 Å². The number of carbonyl (C=O) groups excluding carboxylic acids is 5. The van der Waals surface area contributed by atoms with Crippen molar-refractivity contribution in [1.29, 1.82) is 5.26 Å². The Morgan fingerprint density at radius 1 is 1.05 bits per heavy atom. The van der Waals surface area contributed by atoms with Crippen molar-refractivity contribution in [2.75, 3.05) is 19.7 Å². The number of hydrogen-bond acceptors (Lipinski definition) is 7. The van der Waals surface area contributed by atoms with E-state index in [9.17, 15) is 29.2 Å². The molecule has 4 fully saturated rings. The molecule has 1 saturated carbocycles. The highest BCUT2D eigenvalue weighted by atomic mass is 16.5. The maximum atomic E-state index is 14.4. The minimum absolute atomic E-state index is 0.0151. The molecule has 0 spiro atoms. The molecule has 5 rings (SSSR count). The molecule has 7 atom stereocenters. The first-order valence-corrected chi connectivity index (χ1v) is 15.2. The standard InChI is InChI=1S/C32H42N6O6/c1-16-8-7-9-17(2)25(16)44-14-22(39)37-26-30(43)38-13-20-23(32(20,5)6)24(38)29(42)35-19(12-33)10-18-11-21(36-27(18)40)28(41)34-15-31(26,3)4/h7-9,18-21,23-24,26H,10-11,13-15H2,1-6H3,(H,34,41)(H,35,42)(H,36,40)(H,37,39)/t18-,19-,20-,21-,23-,24-,26+/m0/s1. The van der Waals surface area contributed by atoms with Gasteiger partial charge in [-0.3, -0.25) is 24.0 Å². The SMILES string of the molecule is Cc1cccc(C)c1OCC(=O)N[C@@H]1C(=O)N2C[C@H]3[C@@H]([C@H]2C(=O)N[C@H](C#N)C[C@H]2C[C@H](NC2=O)C(=O)NCC1(C)C)C3(C)C. The number of amides is 5. The number of para-hydroxylation sites is 1. The largest absolute Gasteiger partial charge is 0.483 e. The quantitative estimate of drug-likeness (QED) is 0.391. The Hall–Kier alpha value is -4.14. The molecule has 1 aromatic rings. The molecule has 0 aromatic heterocycles. The summed E-state index contributed by atoms with van der Waals surface area (Å²) >= 11 is 0. The summed E-state index contributed by atoms with van der Waals surface area (Å²) in [4.78, 5) is 68.8. The number of fused-ring (bicyclic) bond motifs is 5. The fraction of sp³-hybridized carbons (Fsp3) is 0.625. The predicted octanol–water partition coefficient (Wildman–Crippen LogP) is 0.709. The van der Waals surface area contributed by atoms with Gasteiger partial charge in [0.1, 0.15) is 29.9 Å². The summed E-state index contributed by atoms with van der Waals surface area (Å²) in [6.45, 7) is 11.4. The van der Waals surface area contributed by atoms with Crippen LogP contribution in [-0.4, -0.2) is 78.3 Å². The Morgan fingerprint density at radius 2 is 1.73 bits per heavy atom.